The van der Waals surface area contributed by atoms with Crippen LogP contribution in [0, 0.1) is 23.2 Å². The number of nitrogens with zero attached hydrogens (tertiary/aromatic N) is 1. The first kappa shape index (κ1) is 15.8. The van der Waals surface area contributed by atoms with E-state index >= 15 is 0 Å². The summed E-state index contributed by atoms with van der Waals surface area (Å²) >= 11 is 0. The number of rotatable bonds is 6. The molecule has 0 N–H and O–H groups in total. The third-order valence-corrected chi connectivity index (χ3v) is 4.68. The number of aryl methyl sites for hydroxylation is 1. The minimum atomic E-state index is 0.762. The SMILES string of the molecule is CCCC=CC1CCC(CCc2ccc(C#N)cc2)CC1. The predicted molar refractivity (Wildman–Crippen MR) is 89.0 cm³/mol. The van der Waals surface area contributed by atoms with E-state index in [4.69, 9.17) is 5.26 Å². The van der Waals surface area contributed by atoms with Gasteiger partial charge >= 0.3 is 0 Å². The summed E-state index contributed by atoms with van der Waals surface area (Å²) in [7, 11) is 0. The third kappa shape index (κ3) is 5.38. The average Bonchev–Trinajstić information content (AvgIpc) is 2.55. The molecule has 1 fully saturated rings. The maximum absolute atomic E-state index is 8.81. The zero-order valence-electron chi connectivity index (χ0n) is 13.2. The number of benzene rings is 1. The second kappa shape index (κ2) is 8.67. The first-order chi connectivity index (χ1) is 10.3. The van der Waals surface area contributed by atoms with Gasteiger partial charge in [0.25, 0.3) is 0 Å². The molecule has 0 unspecified atom stereocenters. The van der Waals surface area contributed by atoms with Crippen molar-refractivity contribution in [3.63, 3.8) is 0 Å². The largest absolute Gasteiger partial charge is 0.192 e. The predicted octanol–water partition coefficient (Wildman–Crippen LogP) is 5.65. The zero-order chi connectivity index (χ0) is 14.9. The lowest BCUT2D eigenvalue weighted by molar-refractivity contribution is 0.296. The average molecular weight is 281 g/mol. The molecule has 0 aliphatic heterocycles. The minimum absolute atomic E-state index is 0.762. The highest BCUT2D eigenvalue weighted by Crippen LogP contribution is 2.32. The number of unbranched alkanes of at least 4 members (excludes halogenated alkanes) is 1. The van der Waals surface area contributed by atoms with Crippen molar-refractivity contribution in [1.82, 2.24) is 0 Å². The van der Waals surface area contributed by atoms with Crippen LogP contribution in [0.15, 0.2) is 36.4 Å². The molecule has 0 spiro atoms. The molecule has 1 nitrogen and oxygen atoms in total. The monoisotopic (exact) mass is 281 g/mol. The minimum Gasteiger partial charge on any atom is -0.192 e. The highest BCUT2D eigenvalue weighted by Gasteiger charge is 2.19. The van der Waals surface area contributed by atoms with Crippen LogP contribution in [0.25, 0.3) is 0 Å². The van der Waals surface area contributed by atoms with E-state index in [1.807, 2.05) is 12.1 Å². The van der Waals surface area contributed by atoms with Gasteiger partial charge in [-0.1, -0.05) is 37.6 Å². The molecule has 21 heavy (non-hydrogen) atoms. The van der Waals surface area contributed by atoms with Crippen LogP contribution in [0.4, 0.5) is 0 Å². The molecule has 0 atom stereocenters. The standard InChI is InChI=1S/C20H27N/c1-2-3-4-5-17-6-8-18(9-7-17)10-11-19-12-14-20(16-21)15-13-19/h4-5,12-15,17-18H,2-3,6-11H2,1H3. The van der Waals surface area contributed by atoms with Crippen molar-refractivity contribution < 1.29 is 0 Å². The lowest BCUT2D eigenvalue weighted by Crippen LogP contribution is -2.13. The fraction of sp³-hybridized carbons (Fsp3) is 0.550. The van der Waals surface area contributed by atoms with E-state index in [0.29, 0.717) is 0 Å². The second-order valence-electron chi connectivity index (χ2n) is 6.35. The van der Waals surface area contributed by atoms with E-state index in [9.17, 15) is 0 Å². The van der Waals surface area contributed by atoms with E-state index < -0.39 is 0 Å². The molecule has 1 aromatic rings. The maximum Gasteiger partial charge on any atom is 0.0991 e. The molecule has 1 heteroatoms. The first-order valence-electron chi connectivity index (χ1n) is 8.47. The highest BCUT2D eigenvalue weighted by atomic mass is 14.2. The van der Waals surface area contributed by atoms with Gasteiger partial charge in [-0.05, 0) is 74.5 Å². The van der Waals surface area contributed by atoms with Gasteiger partial charge in [-0.2, -0.15) is 5.26 Å². The van der Waals surface area contributed by atoms with Gasteiger partial charge in [0.1, 0.15) is 0 Å². The summed E-state index contributed by atoms with van der Waals surface area (Å²) in [4.78, 5) is 0. The van der Waals surface area contributed by atoms with Crippen molar-refractivity contribution in [3.05, 3.63) is 47.5 Å². The van der Waals surface area contributed by atoms with Gasteiger partial charge < -0.3 is 0 Å². The summed E-state index contributed by atoms with van der Waals surface area (Å²) in [5.74, 6) is 1.74. The van der Waals surface area contributed by atoms with Gasteiger partial charge in [0.05, 0.1) is 11.6 Å². The molecule has 0 saturated heterocycles. The number of hydrogen-bond acceptors (Lipinski definition) is 1. The first-order valence-corrected chi connectivity index (χ1v) is 8.47. The van der Waals surface area contributed by atoms with Crippen LogP contribution in [-0.4, -0.2) is 0 Å². The Labute approximate surface area is 129 Å². The molecule has 1 aromatic carbocycles. The van der Waals surface area contributed by atoms with Crippen LogP contribution < -0.4 is 0 Å². The van der Waals surface area contributed by atoms with E-state index in [1.165, 1.54) is 50.5 Å². The molecule has 0 aromatic heterocycles. The summed E-state index contributed by atoms with van der Waals surface area (Å²) in [5.41, 5.74) is 2.14. The number of hydrogen-bond donors (Lipinski definition) is 0. The summed E-state index contributed by atoms with van der Waals surface area (Å²) in [6, 6.07) is 10.3. The Kier molecular flexibility index (Phi) is 6.54. The molecule has 0 bridgehead atoms. The van der Waals surface area contributed by atoms with Crippen molar-refractivity contribution in [2.24, 2.45) is 11.8 Å². The van der Waals surface area contributed by atoms with Gasteiger partial charge in [-0.25, -0.2) is 0 Å². The van der Waals surface area contributed by atoms with Gasteiger partial charge in [-0.3, -0.25) is 0 Å². The molecule has 0 amide bonds. The quantitative estimate of drug-likeness (QED) is 0.618. The lowest BCUT2D eigenvalue weighted by Gasteiger charge is -2.26. The van der Waals surface area contributed by atoms with Gasteiger partial charge in [0, 0.05) is 0 Å². The highest BCUT2D eigenvalue weighted by molar-refractivity contribution is 5.31. The maximum atomic E-state index is 8.81. The van der Waals surface area contributed by atoms with Gasteiger partial charge in [-0.15, -0.1) is 0 Å². The Morgan fingerprint density at radius 2 is 1.86 bits per heavy atom. The van der Waals surface area contributed by atoms with Crippen molar-refractivity contribution >= 4 is 0 Å². The Balaban J connectivity index is 1.70. The Bertz CT molecular complexity index is 470. The smallest absolute Gasteiger partial charge is 0.0991 e. The molecule has 0 heterocycles. The third-order valence-electron chi connectivity index (χ3n) is 4.68. The second-order valence-corrected chi connectivity index (χ2v) is 6.35. The van der Waals surface area contributed by atoms with Crippen LogP contribution in [-0.2, 0) is 6.42 Å². The summed E-state index contributed by atoms with van der Waals surface area (Å²) in [6.07, 6.45) is 15.3. The lowest BCUT2D eigenvalue weighted by atomic mass is 9.79. The normalized spacial score (nSPS) is 22.3. The van der Waals surface area contributed by atoms with E-state index in [-0.39, 0.29) is 0 Å². The van der Waals surface area contributed by atoms with Crippen LogP contribution in [0.2, 0.25) is 0 Å². The summed E-state index contributed by atoms with van der Waals surface area (Å²) < 4.78 is 0. The molecule has 1 aliphatic carbocycles. The Hall–Kier alpha value is -1.55. The molecular weight excluding hydrogens is 254 g/mol. The fourth-order valence-electron chi connectivity index (χ4n) is 3.24. The van der Waals surface area contributed by atoms with Crippen molar-refractivity contribution in [1.29, 1.82) is 5.26 Å². The molecule has 2 rings (SSSR count). The van der Waals surface area contributed by atoms with Crippen molar-refractivity contribution in [2.75, 3.05) is 0 Å². The van der Waals surface area contributed by atoms with E-state index in [2.05, 4.69) is 37.3 Å². The van der Waals surface area contributed by atoms with Crippen LogP contribution in [0.1, 0.15) is 63.0 Å². The van der Waals surface area contributed by atoms with Crippen LogP contribution in [0.3, 0.4) is 0 Å². The molecule has 1 aliphatic rings. The summed E-state index contributed by atoms with van der Waals surface area (Å²) in [6.45, 7) is 2.24. The topological polar surface area (TPSA) is 23.8 Å². The van der Waals surface area contributed by atoms with E-state index in [0.717, 1.165) is 23.8 Å². The number of nitriles is 1. The molecular formula is C20H27N. The van der Waals surface area contributed by atoms with Crippen LogP contribution >= 0.6 is 0 Å². The van der Waals surface area contributed by atoms with Crippen LogP contribution in [0.5, 0.6) is 0 Å². The van der Waals surface area contributed by atoms with E-state index in [1.54, 1.807) is 0 Å². The molecule has 1 saturated carbocycles. The van der Waals surface area contributed by atoms with Gasteiger partial charge in [0.15, 0.2) is 0 Å². The molecule has 0 radical (unpaired) electrons. The summed E-state index contributed by atoms with van der Waals surface area (Å²) in [5, 5.41) is 8.81. The Morgan fingerprint density at radius 1 is 1.14 bits per heavy atom. The Morgan fingerprint density at radius 3 is 2.48 bits per heavy atom. The van der Waals surface area contributed by atoms with Gasteiger partial charge in [0.2, 0.25) is 0 Å². The van der Waals surface area contributed by atoms with Crippen molar-refractivity contribution in [3.8, 4) is 6.07 Å². The fourth-order valence-corrected chi connectivity index (χ4v) is 3.24. The molecule has 112 valence electrons. The number of allylic oxidation sites excluding steroid dienone is 2. The van der Waals surface area contributed by atoms with Crippen molar-refractivity contribution in [2.45, 2.75) is 58.3 Å². The zero-order valence-corrected chi connectivity index (χ0v) is 13.2.